The molecule has 186 valence electrons. The maximum absolute atomic E-state index is 15.0. The molecule has 0 radical (unpaired) electrons. The maximum atomic E-state index is 15.0. The van der Waals surface area contributed by atoms with Crippen LogP contribution in [0.3, 0.4) is 0 Å². The van der Waals surface area contributed by atoms with E-state index in [0.717, 1.165) is 6.07 Å². The van der Waals surface area contributed by atoms with Crippen LogP contribution in [-0.4, -0.2) is 52.9 Å². The number of hydrogen-bond acceptors (Lipinski definition) is 4. The number of nitrogens with one attached hydrogen (secondary N) is 2. The Balaban J connectivity index is 2.14. The highest BCUT2D eigenvalue weighted by Gasteiger charge is 2.37. The number of halogens is 4. The monoisotopic (exact) mass is 483 g/mol. The topological polar surface area (TPSA) is 79.3 Å². The molecular weight excluding hydrogens is 454 g/mol. The first-order valence-corrected chi connectivity index (χ1v) is 10.9. The predicted octanol–water partition coefficient (Wildman–Crippen LogP) is 3.43. The van der Waals surface area contributed by atoms with Gasteiger partial charge >= 0.3 is 6.18 Å². The van der Waals surface area contributed by atoms with Crippen molar-refractivity contribution >= 4 is 11.8 Å². The second kappa shape index (κ2) is 9.36. The van der Waals surface area contributed by atoms with Gasteiger partial charge in [-0.05, 0) is 37.6 Å². The van der Waals surface area contributed by atoms with E-state index < -0.39 is 40.8 Å². The fraction of sp³-hybridized carbons (Fsp3) is 0.522. The summed E-state index contributed by atoms with van der Waals surface area (Å²) in [6.45, 7) is 6.68. The van der Waals surface area contributed by atoms with Crippen molar-refractivity contribution in [2.24, 2.45) is 5.41 Å². The number of alkyl halides is 3. The molecule has 2 heterocycles. The van der Waals surface area contributed by atoms with E-state index in [0.29, 0.717) is 31.3 Å². The van der Waals surface area contributed by atoms with Gasteiger partial charge in [-0.1, -0.05) is 26.8 Å². The molecule has 2 amide bonds. The number of likely N-dealkylation sites (N-methyl/N-ethyl adjacent to an activating group) is 1. The number of fused-ring (bicyclic) bond motifs is 1. The molecule has 0 unspecified atom stereocenters. The summed E-state index contributed by atoms with van der Waals surface area (Å²) in [7, 11) is 3.30. The fourth-order valence-corrected chi connectivity index (χ4v) is 4.05. The summed E-state index contributed by atoms with van der Waals surface area (Å²) in [5, 5.41) is 5.23. The van der Waals surface area contributed by atoms with Crippen LogP contribution in [0, 0.1) is 11.2 Å². The summed E-state index contributed by atoms with van der Waals surface area (Å²) < 4.78 is 56.6. The highest BCUT2D eigenvalue weighted by molar-refractivity contribution is 5.97. The molecule has 0 aliphatic carbocycles. The minimum Gasteiger partial charge on any atom is -0.357 e. The molecule has 34 heavy (non-hydrogen) atoms. The third kappa shape index (κ3) is 5.08. The Morgan fingerprint density at radius 3 is 2.41 bits per heavy atom. The summed E-state index contributed by atoms with van der Waals surface area (Å²) in [6, 6.07) is 2.12. The second-order valence-corrected chi connectivity index (χ2v) is 9.53. The van der Waals surface area contributed by atoms with Crippen LogP contribution in [0.2, 0.25) is 0 Å². The molecule has 1 aromatic heterocycles. The van der Waals surface area contributed by atoms with E-state index in [-0.39, 0.29) is 23.6 Å². The van der Waals surface area contributed by atoms with Gasteiger partial charge in [0.05, 0.1) is 16.8 Å². The summed E-state index contributed by atoms with van der Waals surface area (Å²) >= 11 is 0. The number of aromatic nitrogens is 2. The lowest BCUT2D eigenvalue weighted by atomic mass is 9.86. The van der Waals surface area contributed by atoms with E-state index in [1.165, 1.54) is 13.1 Å². The second-order valence-electron chi connectivity index (χ2n) is 9.53. The van der Waals surface area contributed by atoms with E-state index in [1.54, 1.807) is 25.3 Å². The van der Waals surface area contributed by atoms with Crippen molar-refractivity contribution in [3.63, 3.8) is 0 Å². The zero-order valence-electron chi connectivity index (χ0n) is 19.8. The molecule has 0 fully saturated rings. The molecule has 0 saturated carbocycles. The number of rotatable bonds is 4. The molecule has 3 rings (SSSR count). The zero-order chi connectivity index (χ0) is 25.4. The molecule has 11 heteroatoms. The molecule has 2 aromatic rings. The van der Waals surface area contributed by atoms with E-state index in [1.807, 2.05) is 11.9 Å². The van der Waals surface area contributed by atoms with E-state index in [9.17, 15) is 27.2 Å². The molecule has 1 aromatic carbocycles. The molecule has 0 bridgehead atoms. The lowest BCUT2D eigenvalue weighted by molar-refractivity contribution is -0.139. The van der Waals surface area contributed by atoms with Gasteiger partial charge in [0.1, 0.15) is 17.7 Å². The highest BCUT2D eigenvalue weighted by atomic mass is 19.4. The quantitative estimate of drug-likeness (QED) is 0.654. The van der Waals surface area contributed by atoms with Crippen molar-refractivity contribution in [1.82, 2.24) is 25.1 Å². The molecule has 1 atom stereocenters. The van der Waals surface area contributed by atoms with E-state index in [4.69, 9.17) is 0 Å². The van der Waals surface area contributed by atoms with Gasteiger partial charge in [0.2, 0.25) is 5.91 Å². The number of amides is 2. The molecule has 0 spiro atoms. The Hall–Kier alpha value is -2.95. The Morgan fingerprint density at radius 2 is 1.82 bits per heavy atom. The standard InChI is InChI=1S/C23H29F4N5O2/c1-22(2,3)18(21(34)28-4)30-20(33)17-15-12-31(5)10-7-11-32(15)19(29-17)13-8-6-9-14(16(13)24)23(25,26)27/h6,8-9,18H,7,10-12H2,1-5H3,(H,28,34)(H,30,33)/t18-/m1/s1. The van der Waals surface area contributed by atoms with Crippen LogP contribution >= 0.6 is 0 Å². The van der Waals surface area contributed by atoms with Crippen molar-refractivity contribution < 1.29 is 27.2 Å². The van der Waals surface area contributed by atoms with Crippen LogP contribution in [0.25, 0.3) is 11.4 Å². The number of hydrogen-bond donors (Lipinski definition) is 2. The lowest BCUT2D eigenvalue weighted by Gasteiger charge is -2.29. The average molecular weight is 484 g/mol. The minimum absolute atomic E-state index is 0.0429. The van der Waals surface area contributed by atoms with Gasteiger partial charge in [-0.2, -0.15) is 13.2 Å². The third-order valence-electron chi connectivity index (χ3n) is 5.82. The van der Waals surface area contributed by atoms with E-state index >= 15 is 0 Å². The van der Waals surface area contributed by atoms with Crippen molar-refractivity contribution in [2.45, 2.75) is 52.5 Å². The first kappa shape index (κ1) is 25.7. The van der Waals surface area contributed by atoms with Crippen LogP contribution in [0.4, 0.5) is 17.6 Å². The Labute approximate surface area is 195 Å². The maximum Gasteiger partial charge on any atom is 0.419 e. The summed E-state index contributed by atoms with van der Waals surface area (Å²) in [4.78, 5) is 32.0. The largest absolute Gasteiger partial charge is 0.419 e. The number of imidazole rings is 1. The molecule has 2 N–H and O–H groups in total. The summed E-state index contributed by atoms with van der Waals surface area (Å²) in [6.07, 6.45) is -4.24. The Kier molecular flexibility index (Phi) is 7.07. The minimum atomic E-state index is -4.87. The highest BCUT2D eigenvalue weighted by Crippen LogP contribution is 2.36. The number of benzene rings is 1. The van der Waals surface area contributed by atoms with Gasteiger partial charge < -0.3 is 20.1 Å². The van der Waals surface area contributed by atoms with Crippen molar-refractivity contribution in [3.8, 4) is 11.4 Å². The molecule has 0 saturated heterocycles. The summed E-state index contributed by atoms with van der Waals surface area (Å²) in [5.74, 6) is -2.54. The number of carbonyl (C=O) groups excluding carboxylic acids is 2. The first-order valence-electron chi connectivity index (χ1n) is 10.9. The van der Waals surface area contributed by atoms with Gasteiger partial charge in [0, 0.05) is 20.1 Å². The fourth-order valence-electron chi connectivity index (χ4n) is 4.05. The number of nitrogens with zero attached hydrogens (tertiary/aromatic N) is 3. The molecule has 1 aliphatic rings. The Morgan fingerprint density at radius 1 is 1.15 bits per heavy atom. The Bertz CT molecular complexity index is 1090. The molecular formula is C23H29F4N5O2. The SMILES string of the molecule is CNC(=O)[C@@H](NC(=O)c1nc(-c2cccc(C(F)(F)F)c2F)n2c1CN(C)CCC2)C(C)(C)C. The van der Waals surface area contributed by atoms with Crippen molar-refractivity contribution in [2.75, 3.05) is 20.6 Å². The zero-order valence-corrected chi connectivity index (χ0v) is 19.8. The van der Waals surface area contributed by atoms with Gasteiger partial charge in [-0.3, -0.25) is 9.59 Å². The lowest BCUT2D eigenvalue weighted by Crippen LogP contribution is -2.53. The third-order valence-corrected chi connectivity index (χ3v) is 5.82. The van der Waals surface area contributed by atoms with Crippen LogP contribution < -0.4 is 10.6 Å². The van der Waals surface area contributed by atoms with E-state index in [2.05, 4.69) is 15.6 Å². The van der Waals surface area contributed by atoms with Gasteiger partial charge in [0.25, 0.3) is 5.91 Å². The van der Waals surface area contributed by atoms with Gasteiger partial charge in [0.15, 0.2) is 5.69 Å². The van der Waals surface area contributed by atoms with Crippen molar-refractivity contribution in [1.29, 1.82) is 0 Å². The van der Waals surface area contributed by atoms with Crippen LogP contribution in [0.15, 0.2) is 18.2 Å². The van der Waals surface area contributed by atoms with Crippen LogP contribution in [0.1, 0.15) is 48.9 Å². The normalized spacial score (nSPS) is 15.9. The predicted molar refractivity (Wildman–Crippen MR) is 118 cm³/mol. The van der Waals surface area contributed by atoms with Crippen molar-refractivity contribution in [3.05, 3.63) is 41.0 Å². The van der Waals surface area contributed by atoms with Gasteiger partial charge in [-0.15, -0.1) is 0 Å². The smallest absolute Gasteiger partial charge is 0.357 e. The summed E-state index contributed by atoms with van der Waals surface area (Å²) in [5.41, 5.74) is -1.95. The van der Waals surface area contributed by atoms with Gasteiger partial charge in [-0.25, -0.2) is 9.37 Å². The molecule has 7 nitrogen and oxygen atoms in total. The number of carbonyl (C=O) groups is 2. The van der Waals surface area contributed by atoms with Crippen LogP contribution in [-0.2, 0) is 24.1 Å². The van der Waals surface area contributed by atoms with Crippen LogP contribution in [0.5, 0.6) is 0 Å². The first-order chi connectivity index (χ1) is 15.8. The average Bonchev–Trinajstić information content (AvgIpc) is 2.95. The molecule has 1 aliphatic heterocycles.